The van der Waals surface area contributed by atoms with E-state index in [-0.39, 0.29) is 0 Å². The standard InChI is InChI=1S/C31H34N2/c1-32(24-26-12-9-18-30(22-26)28-14-5-3-6-15-28)20-11-21-33(2)25-27-13-10-19-31(23-27)29-16-7-4-8-17-29/h3-10,12-19,22-23H,11,20-21,24-25H2,1-2H3. The highest BCUT2D eigenvalue weighted by Gasteiger charge is 2.06. The lowest BCUT2D eigenvalue weighted by Crippen LogP contribution is -2.25. The van der Waals surface area contributed by atoms with Gasteiger partial charge in [0.15, 0.2) is 0 Å². The number of nitrogens with zero attached hydrogens (tertiary/aromatic N) is 2. The van der Waals surface area contributed by atoms with E-state index in [4.69, 9.17) is 0 Å². The van der Waals surface area contributed by atoms with Gasteiger partial charge in [-0.15, -0.1) is 0 Å². The Morgan fingerprint density at radius 1 is 0.455 bits per heavy atom. The molecule has 0 aliphatic rings. The Morgan fingerprint density at radius 2 is 0.848 bits per heavy atom. The molecule has 4 aromatic rings. The monoisotopic (exact) mass is 434 g/mol. The van der Waals surface area contributed by atoms with Crippen LogP contribution < -0.4 is 0 Å². The fraction of sp³-hybridized carbons (Fsp3) is 0.226. The topological polar surface area (TPSA) is 6.48 Å². The number of hydrogen-bond acceptors (Lipinski definition) is 2. The van der Waals surface area contributed by atoms with Crippen LogP contribution in [0.15, 0.2) is 109 Å². The van der Waals surface area contributed by atoms with E-state index in [9.17, 15) is 0 Å². The number of hydrogen-bond donors (Lipinski definition) is 0. The van der Waals surface area contributed by atoms with E-state index in [1.807, 2.05) is 0 Å². The summed E-state index contributed by atoms with van der Waals surface area (Å²) in [6.07, 6.45) is 1.16. The Balaban J connectivity index is 1.24. The summed E-state index contributed by atoms with van der Waals surface area (Å²) in [6, 6.07) is 39.1. The second-order valence-corrected chi connectivity index (χ2v) is 8.96. The Morgan fingerprint density at radius 3 is 1.27 bits per heavy atom. The molecule has 0 fully saturated rings. The van der Waals surface area contributed by atoms with Crippen LogP contribution in [0.2, 0.25) is 0 Å². The summed E-state index contributed by atoms with van der Waals surface area (Å²) in [4.78, 5) is 4.85. The van der Waals surface area contributed by atoms with E-state index in [2.05, 4.69) is 133 Å². The molecular formula is C31H34N2. The SMILES string of the molecule is CN(CCCN(C)Cc1cccc(-c2ccccc2)c1)Cc1cccc(-c2ccccc2)c1. The van der Waals surface area contributed by atoms with Crippen LogP contribution >= 0.6 is 0 Å². The molecule has 2 heteroatoms. The highest BCUT2D eigenvalue weighted by Crippen LogP contribution is 2.22. The van der Waals surface area contributed by atoms with Crippen molar-refractivity contribution in [3.63, 3.8) is 0 Å². The average Bonchev–Trinajstić information content (AvgIpc) is 2.85. The van der Waals surface area contributed by atoms with Crippen molar-refractivity contribution in [2.24, 2.45) is 0 Å². The summed E-state index contributed by atoms with van der Waals surface area (Å²) >= 11 is 0. The van der Waals surface area contributed by atoms with Crippen LogP contribution in [0.1, 0.15) is 17.5 Å². The van der Waals surface area contributed by atoms with E-state index in [0.29, 0.717) is 0 Å². The van der Waals surface area contributed by atoms with E-state index in [1.165, 1.54) is 33.4 Å². The molecular weight excluding hydrogens is 400 g/mol. The highest BCUT2D eigenvalue weighted by atomic mass is 15.1. The molecule has 0 bridgehead atoms. The smallest absolute Gasteiger partial charge is 0.0230 e. The van der Waals surface area contributed by atoms with E-state index in [0.717, 1.165) is 32.6 Å². The van der Waals surface area contributed by atoms with Gasteiger partial charge in [0.05, 0.1) is 0 Å². The molecule has 0 saturated carbocycles. The predicted octanol–water partition coefficient (Wildman–Crippen LogP) is 6.97. The van der Waals surface area contributed by atoms with Gasteiger partial charge in [0.1, 0.15) is 0 Å². The third kappa shape index (κ3) is 6.89. The van der Waals surface area contributed by atoms with Gasteiger partial charge < -0.3 is 9.80 Å². The molecule has 33 heavy (non-hydrogen) atoms. The zero-order valence-electron chi connectivity index (χ0n) is 19.8. The lowest BCUT2D eigenvalue weighted by atomic mass is 10.0. The van der Waals surface area contributed by atoms with Crippen LogP contribution in [0, 0.1) is 0 Å². The molecule has 4 aromatic carbocycles. The first-order valence-electron chi connectivity index (χ1n) is 11.8. The van der Waals surface area contributed by atoms with Crippen LogP contribution in [0.25, 0.3) is 22.3 Å². The molecule has 0 aliphatic carbocycles. The molecule has 4 rings (SSSR count). The zero-order chi connectivity index (χ0) is 22.9. The van der Waals surface area contributed by atoms with Gasteiger partial charge in [0.2, 0.25) is 0 Å². The van der Waals surface area contributed by atoms with Crippen molar-refractivity contribution >= 4 is 0 Å². The van der Waals surface area contributed by atoms with Crippen LogP contribution in [-0.4, -0.2) is 37.0 Å². The maximum absolute atomic E-state index is 2.42. The van der Waals surface area contributed by atoms with Crippen molar-refractivity contribution in [3.05, 3.63) is 120 Å². The first-order valence-corrected chi connectivity index (χ1v) is 11.8. The largest absolute Gasteiger partial charge is 0.302 e. The quantitative estimate of drug-likeness (QED) is 0.266. The van der Waals surface area contributed by atoms with Gasteiger partial charge >= 0.3 is 0 Å². The fourth-order valence-corrected chi connectivity index (χ4v) is 4.35. The van der Waals surface area contributed by atoms with Crippen LogP contribution in [-0.2, 0) is 13.1 Å². The predicted molar refractivity (Wildman–Crippen MR) is 141 cm³/mol. The van der Waals surface area contributed by atoms with Crippen LogP contribution in [0.3, 0.4) is 0 Å². The minimum absolute atomic E-state index is 0.976. The van der Waals surface area contributed by atoms with Crippen molar-refractivity contribution in [1.29, 1.82) is 0 Å². The molecule has 0 unspecified atom stereocenters. The summed E-state index contributed by atoms with van der Waals surface area (Å²) in [6.45, 7) is 4.13. The maximum Gasteiger partial charge on any atom is 0.0230 e. The zero-order valence-corrected chi connectivity index (χ0v) is 19.8. The summed E-state index contributed by atoms with van der Waals surface area (Å²) < 4.78 is 0. The molecule has 0 amide bonds. The molecule has 0 heterocycles. The highest BCUT2D eigenvalue weighted by molar-refractivity contribution is 5.64. The summed E-state index contributed by atoms with van der Waals surface area (Å²) in [5.74, 6) is 0. The molecule has 0 aliphatic heterocycles. The van der Waals surface area contributed by atoms with Crippen molar-refractivity contribution in [2.75, 3.05) is 27.2 Å². The second-order valence-electron chi connectivity index (χ2n) is 8.96. The molecule has 2 nitrogen and oxygen atoms in total. The third-order valence-corrected chi connectivity index (χ3v) is 6.05. The molecule has 0 saturated heterocycles. The lowest BCUT2D eigenvalue weighted by molar-refractivity contribution is 0.270. The Kier molecular flexibility index (Phi) is 8.08. The normalized spacial score (nSPS) is 11.3. The lowest BCUT2D eigenvalue weighted by Gasteiger charge is -2.21. The molecule has 0 spiro atoms. The minimum atomic E-state index is 0.976. The van der Waals surface area contributed by atoms with Gasteiger partial charge in [0.25, 0.3) is 0 Å². The van der Waals surface area contributed by atoms with Crippen molar-refractivity contribution in [1.82, 2.24) is 9.80 Å². The first-order chi connectivity index (χ1) is 16.2. The van der Waals surface area contributed by atoms with Crippen molar-refractivity contribution in [2.45, 2.75) is 19.5 Å². The van der Waals surface area contributed by atoms with Crippen LogP contribution in [0.4, 0.5) is 0 Å². The van der Waals surface area contributed by atoms with Crippen molar-refractivity contribution < 1.29 is 0 Å². The third-order valence-electron chi connectivity index (χ3n) is 6.05. The molecule has 0 radical (unpaired) electrons. The average molecular weight is 435 g/mol. The Bertz CT molecular complexity index is 1030. The Hall–Kier alpha value is -3.20. The summed E-state index contributed by atoms with van der Waals surface area (Å²) in [7, 11) is 4.44. The molecule has 0 aromatic heterocycles. The first kappa shape index (κ1) is 23.0. The van der Waals surface area contributed by atoms with E-state index in [1.54, 1.807) is 0 Å². The van der Waals surface area contributed by atoms with E-state index < -0.39 is 0 Å². The number of benzene rings is 4. The van der Waals surface area contributed by atoms with Gasteiger partial charge in [-0.1, -0.05) is 97.1 Å². The Labute approximate surface area is 199 Å². The summed E-state index contributed by atoms with van der Waals surface area (Å²) in [5.41, 5.74) is 7.87. The van der Waals surface area contributed by atoms with Gasteiger partial charge in [-0.2, -0.15) is 0 Å². The molecule has 0 atom stereocenters. The minimum Gasteiger partial charge on any atom is -0.302 e. The van der Waals surface area contributed by atoms with Gasteiger partial charge in [0, 0.05) is 13.1 Å². The van der Waals surface area contributed by atoms with E-state index >= 15 is 0 Å². The fourth-order valence-electron chi connectivity index (χ4n) is 4.35. The number of rotatable bonds is 10. The second kappa shape index (κ2) is 11.6. The molecule has 168 valence electrons. The van der Waals surface area contributed by atoms with Gasteiger partial charge in [-0.25, -0.2) is 0 Å². The van der Waals surface area contributed by atoms with Crippen LogP contribution in [0.5, 0.6) is 0 Å². The summed E-state index contributed by atoms with van der Waals surface area (Å²) in [5, 5.41) is 0. The maximum atomic E-state index is 2.42. The van der Waals surface area contributed by atoms with Gasteiger partial charge in [-0.3, -0.25) is 0 Å². The van der Waals surface area contributed by atoms with Gasteiger partial charge in [-0.05, 0) is 79.1 Å². The van der Waals surface area contributed by atoms with Crippen molar-refractivity contribution in [3.8, 4) is 22.3 Å². The molecule has 0 N–H and O–H groups in total.